The Kier molecular flexibility index (Phi) is 3.67. The molecular formula is C18H20N2O3. The fourth-order valence-electron chi connectivity index (χ4n) is 3.11. The third kappa shape index (κ3) is 2.66. The van der Waals surface area contributed by atoms with Crippen LogP contribution in [0, 0.1) is 0 Å². The zero-order chi connectivity index (χ0) is 15.7. The summed E-state index contributed by atoms with van der Waals surface area (Å²) in [6, 6.07) is 9.98. The number of fused-ring (bicyclic) bond motifs is 1. The molecule has 1 aliphatic heterocycles. The zero-order valence-electron chi connectivity index (χ0n) is 13.1. The average molecular weight is 312 g/mol. The van der Waals surface area contributed by atoms with Gasteiger partial charge in [0.2, 0.25) is 5.79 Å². The molecule has 1 saturated heterocycles. The largest absolute Gasteiger partial charge is 0.455 e. The van der Waals surface area contributed by atoms with Crippen molar-refractivity contribution < 1.29 is 13.9 Å². The summed E-state index contributed by atoms with van der Waals surface area (Å²) in [7, 11) is 0. The van der Waals surface area contributed by atoms with Crippen LogP contribution in [0.4, 0.5) is 0 Å². The first-order valence-electron chi connectivity index (χ1n) is 8.06. The van der Waals surface area contributed by atoms with Crippen LogP contribution in [0.25, 0.3) is 11.0 Å². The third-order valence-corrected chi connectivity index (χ3v) is 4.22. The van der Waals surface area contributed by atoms with Crippen LogP contribution in [-0.4, -0.2) is 22.3 Å². The smallest absolute Gasteiger partial charge is 0.247 e. The Morgan fingerprint density at radius 1 is 1.35 bits per heavy atom. The molecule has 23 heavy (non-hydrogen) atoms. The summed E-state index contributed by atoms with van der Waals surface area (Å²) in [5.41, 5.74) is 0.846. The highest BCUT2D eigenvalue weighted by molar-refractivity contribution is 5.77. The molecule has 5 nitrogen and oxygen atoms in total. The predicted octanol–water partition coefficient (Wildman–Crippen LogP) is 3.70. The number of hydrogen-bond acceptors (Lipinski definition) is 4. The van der Waals surface area contributed by atoms with Gasteiger partial charge in [-0.25, -0.2) is 4.98 Å². The van der Waals surface area contributed by atoms with E-state index in [1.54, 1.807) is 12.5 Å². The van der Waals surface area contributed by atoms with Crippen molar-refractivity contribution in [2.24, 2.45) is 0 Å². The van der Waals surface area contributed by atoms with Gasteiger partial charge in [-0.05, 0) is 18.6 Å². The fourth-order valence-corrected chi connectivity index (χ4v) is 3.11. The maximum atomic E-state index is 6.31. The Labute approximate surface area is 134 Å². The van der Waals surface area contributed by atoms with Crippen LogP contribution < -0.4 is 0 Å². The van der Waals surface area contributed by atoms with E-state index < -0.39 is 5.79 Å². The number of rotatable bonds is 5. The van der Waals surface area contributed by atoms with Crippen LogP contribution in [0.15, 0.2) is 53.5 Å². The van der Waals surface area contributed by atoms with E-state index in [1.165, 1.54) is 0 Å². The van der Waals surface area contributed by atoms with Crippen molar-refractivity contribution in [3.63, 3.8) is 0 Å². The zero-order valence-corrected chi connectivity index (χ0v) is 13.1. The summed E-state index contributed by atoms with van der Waals surface area (Å²) in [6.07, 6.45) is 7.57. The number of hydrogen-bond donors (Lipinski definition) is 0. The standard InChI is InChI=1S/C18H20N2O3/c1-2-5-15-11-21-18(23-15,12-20-9-8-19-13-20)17-10-14-6-3-4-7-16(14)22-17/h3-4,6-10,13,15H,2,5,11-12H2,1H3. The Balaban J connectivity index is 1.72. The van der Waals surface area contributed by atoms with Gasteiger partial charge in [0.15, 0.2) is 5.76 Å². The first-order chi connectivity index (χ1) is 11.3. The minimum atomic E-state index is -0.889. The number of benzene rings is 1. The van der Waals surface area contributed by atoms with Crippen LogP contribution in [-0.2, 0) is 21.8 Å². The predicted molar refractivity (Wildman–Crippen MR) is 85.9 cm³/mol. The summed E-state index contributed by atoms with van der Waals surface area (Å²) in [5.74, 6) is -0.175. The monoisotopic (exact) mass is 312 g/mol. The maximum Gasteiger partial charge on any atom is 0.247 e. The van der Waals surface area contributed by atoms with Gasteiger partial charge in [-0.3, -0.25) is 0 Å². The SMILES string of the molecule is CCCC1COC(Cn2ccnc2)(c2cc3ccccc3o2)O1. The number of ether oxygens (including phenoxy) is 2. The summed E-state index contributed by atoms with van der Waals surface area (Å²) < 4.78 is 20.5. The number of furan rings is 1. The lowest BCUT2D eigenvalue weighted by molar-refractivity contribution is -0.198. The molecule has 0 N–H and O–H groups in total. The molecule has 1 aliphatic rings. The molecule has 4 rings (SSSR count). The quantitative estimate of drug-likeness (QED) is 0.721. The molecule has 0 spiro atoms. The van der Waals surface area contributed by atoms with Crippen molar-refractivity contribution in [1.82, 2.24) is 9.55 Å². The average Bonchev–Trinajstić information content (AvgIpc) is 3.28. The molecule has 2 aromatic heterocycles. The van der Waals surface area contributed by atoms with Gasteiger partial charge < -0.3 is 18.5 Å². The number of nitrogens with zero attached hydrogens (tertiary/aromatic N) is 2. The molecule has 0 radical (unpaired) electrons. The van der Waals surface area contributed by atoms with Gasteiger partial charge in [-0.1, -0.05) is 31.5 Å². The number of aromatic nitrogens is 2. The lowest BCUT2D eigenvalue weighted by Gasteiger charge is -2.26. The van der Waals surface area contributed by atoms with Crippen LogP contribution in [0.5, 0.6) is 0 Å². The molecule has 5 heteroatoms. The van der Waals surface area contributed by atoms with Gasteiger partial charge in [0, 0.05) is 17.8 Å². The highest BCUT2D eigenvalue weighted by Gasteiger charge is 2.46. The molecular weight excluding hydrogens is 292 g/mol. The van der Waals surface area contributed by atoms with Crippen molar-refractivity contribution >= 4 is 11.0 Å². The molecule has 0 bridgehead atoms. The molecule has 120 valence electrons. The van der Waals surface area contributed by atoms with E-state index in [-0.39, 0.29) is 6.10 Å². The van der Waals surface area contributed by atoms with Gasteiger partial charge in [-0.2, -0.15) is 0 Å². The molecule has 2 atom stereocenters. The molecule has 2 unspecified atom stereocenters. The second-order valence-electron chi connectivity index (χ2n) is 5.98. The first kappa shape index (κ1) is 14.5. The second kappa shape index (κ2) is 5.83. The number of para-hydroxylation sites is 1. The van der Waals surface area contributed by atoms with Crippen LogP contribution >= 0.6 is 0 Å². The van der Waals surface area contributed by atoms with E-state index in [9.17, 15) is 0 Å². The van der Waals surface area contributed by atoms with E-state index in [1.807, 2.05) is 41.1 Å². The second-order valence-corrected chi connectivity index (χ2v) is 5.98. The summed E-state index contributed by atoms with van der Waals surface area (Å²) in [6.45, 7) is 3.26. The maximum absolute atomic E-state index is 6.31. The Hall–Kier alpha value is -2.11. The molecule has 1 aromatic carbocycles. The third-order valence-electron chi connectivity index (χ3n) is 4.22. The fraction of sp³-hybridized carbons (Fsp3) is 0.389. The summed E-state index contributed by atoms with van der Waals surface area (Å²) in [5, 5.41) is 1.05. The molecule has 0 saturated carbocycles. The Morgan fingerprint density at radius 2 is 2.26 bits per heavy atom. The van der Waals surface area contributed by atoms with Crippen molar-refractivity contribution in [1.29, 1.82) is 0 Å². The van der Waals surface area contributed by atoms with Gasteiger partial charge in [-0.15, -0.1) is 0 Å². The van der Waals surface area contributed by atoms with Crippen molar-refractivity contribution in [3.05, 3.63) is 54.8 Å². The van der Waals surface area contributed by atoms with Gasteiger partial charge in [0.25, 0.3) is 0 Å². The van der Waals surface area contributed by atoms with Crippen LogP contribution in [0.2, 0.25) is 0 Å². The minimum absolute atomic E-state index is 0.0942. The van der Waals surface area contributed by atoms with E-state index in [0.717, 1.165) is 23.8 Å². The van der Waals surface area contributed by atoms with Gasteiger partial charge >= 0.3 is 0 Å². The van der Waals surface area contributed by atoms with Gasteiger partial charge in [0.05, 0.1) is 25.6 Å². The highest BCUT2D eigenvalue weighted by atomic mass is 16.8. The lowest BCUT2D eigenvalue weighted by atomic mass is 10.1. The molecule has 3 heterocycles. The van der Waals surface area contributed by atoms with Gasteiger partial charge in [0.1, 0.15) is 5.58 Å². The van der Waals surface area contributed by atoms with Crippen molar-refractivity contribution in [3.8, 4) is 0 Å². The topological polar surface area (TPSA) is 49.4 Å². The lowest BCUT2D eigenvalue weighted by Crippen LogP contribution is -2.32. The molecule has 3 aromatic rings. The van der Waals surface area contributed by atoms with Crippen LogP contribution in [0.3, 0.4) is 0 Å². The summed E-state index contributed by atoms with van der Waals surface area (Å²) >= 11 is 0. The van der Waals surface area contributed by atoms with E-state index >= 15 is 0 Å². The Bertz CT molecular complexity index is 748. The van der Waals surface area contributed by atoms with E-state index in [2.05, 4.69) is 11.9 Å². The normalized spacial score (nSPS) is 24.5. The molecule has 0 aliphatic carbocycles. The van der Waals surface area contributed by atoms with Crippen LogP contribution in [0.1, 0.15) is 25.5 Å². The van der Waals surface area contributed by atoms with E-state index in [0.29, 0.717) is 18.9 Å². The van der Waals surface area contributed by atoms with Crippen molar-refractivity contribution in [2.45, 2.75) is 38.2 Å². The highest BCUT2D eigenvalue weighted by Crippen LogP contribution is 2.39. The molecule has 0 amide bonds. The minimum Gasteiger partial charge on any atom is -0.455 e. The molecule has 1 fully saturated rings. The first-order valence-corrected chi connectivity index (χ1v) is 8.06. The number of imidazole rings is 1. The van der Waals surface area contributed by atoms with E-state index in [4.69, 9.17) is 13.9 Å². The Morgan fingerprint density at radius 3 is 3.04 bits per heavy atom. The summed E-state index contributed by atoms with van der Waals surface area (Å²) in [4.78, 5) is 4.11. The van der Waals surface area contributed by atoms with Crippen molar-refractivity contribution in [2.75, 3.05) is 6.61 Å².